The first-order chi connectivity index (χ1) is 15.7. The number of hydrogen-bond acceptors (Lipinski definition) is 5. The number of rotatable bonds is 9. The predicted octanol–water partition coefficient (Wildman–Crippen LogP) is 3.24. The summed E-state index contributed by atoms with van der Waals surface area (Å²) in [5, 5.41) is 14.7. The van der Waals surface area contributed by atoms with E-state index in [1.807, 2.05) is 56.3 Å². The molecule has 3 rings (SSSR count). The number of aliphatic carboxylic acids is 1. The molecule has 176 valence electrons. The third-order valence-electron chi connectivity index (χ3n) is 6.09. The summed E-state index contributed by atoms with van der Waals surface area (Å²) in [6, 6.07) is 12.2. The number of aromatic nitrogens is 1. The van der Waals surface area contributed by atoms with Gasteiger partial charge in [-0.05, 0) is 30.4 Å². The Morgan fingerprint density at radius 3 is 2.30 bits per heavy atom. The smallest absolute Gasteiger partial charge is 0.326 e. The van der Waals surface area contributed by atoms with Crippen molar-refractivity contribution in [3.63, 3.8) is 0 Å². The molecule has 1 fully saturated rings. The molecule has 2 amide bonds. The fourth-order valence-corrected chi connectivity index (χ4v) is 4.12. The number of carboxylic acids is 1. The number of nitrogens with one attached hydrogen (secondary N) is 2. The van der Waals surface area contributed by atoms with Crippen LogP contribution in [0.15, 0.2) is 48.7 Å². The van der Waals surface area contributed by atoms with Gasteiger partial charge in [-0.25, -0.2) is 4.79 Å². The van der Waals surface area contributed by atoms with E-state index in [-0.39, 0.29) is 18.2 Å². The summed E-state index contributed by atoms with van der Waals surface area (Å²) in [4.78, 5) is 42.2. The summed E-state index contributed by atoms with van der Waals surface area (Å²) in [5.41, 5.74) is 1.35. The maximum Gasteiger partial charge on any atom is 0.326 e. The van der Waals surface area contributed by atoms with Gasteiger partial charge in [-0.3, -0.25) is 14.6 Å². The lowest BCUT2D eigenvalue weighted by molar-refractivity contribution is -0.143. The molecule has 0 radical (unpaired) electrons. The summed E-state index contributed by atoms with van der Waals surface area (Å²) >= 11 is 4.36. The van der Waals surface area contributed by atoms with Crippen LogP contribution in [-0.2, 0) is 20.8 Å². The quantitative estimate of drug-likeness (QED) is 0.422. The minimum absolute atomic E-state index is 0.00738. The molecular formula is C25H31N3O4S. The van der Waals surface area contributed by atoms with Crippen LogP contribution < -0.4 is 10.6 Å². The monoisotopic (exact) mass is 469 g/mol. The van der Waals surface area contributed by atoms with Crippen LogP contribution in [0.1, 0.15) is 45.1 Å². The summed E-state index contributed by atoms with van der Waals surface area (Å²) < 4.78 is 0. The average Bonchev–Trinajstić information content (AvgIpc) is 3.28. The molecule has 1 saturated carbocycles. The third kappa shape index (κ3) is 6.13. The normalized spacial score (nSPS) is 16.7. The number of pyridine rings is 1. The highest BCUT2D eigenvalue weighted by molar-refractivity contribution is 7.81. The molecule has 33 heavy (non-hydrogen) atoms. The van der Waals surface area contributed by atoms with Gasteiger partial charge in [0.05, 0.1) is 10.9 Å². The molecule has 0 spiro atoms. The van der Waals surface area contributed by atoms with Crippen LogP contribution in [0.4, 0.5) is 0 Å². The number of carbonyl (C=O) groups excluding carboxylic acids is 2. The van der Waals surface area contributed by atoms with Crippen LogP contribution >= 0.6 is 12.6 Å². The molecule has 0 saturated heterocycles. The number of hydrogen-bond donors (Lipinski definition) is 4. The lowest BCUT2D eigenvalue weighted by Crippen LogP contribution is -2.61. The first-order valence-corrected chi connectivity index (χ1v) is 11.8. The first kappa shape index (κ1) is 24.8. The minimum atomic E-state index is -1.13. The van der Waals surface area contributed by atoms with Crippen LogP contribution in [0.25, 0.3) is 11.3 Å². The highest BCUT2D eigenvalue weighted by atomic mass is 32.1. The molecule has 0 bridgehead atoms. The second kappa shape index (κ2) is 10.8. The van der Waals surface area contributed by atoms with E-state index in [4.69, 9.17) is 0 Å². The molecule has 1 aromatic heterocycles. The zero-order valence-corrected chi connectivity index (χ0v) is 19.8. The molecule has 2 atom stereocenters. The van der Waals surface area contributed by atoms with Gasteiger partial charge in [0.1, 0.15) is 11.6 Å². The van der Waals surface area contributed by atoms with E-state index >= 15 is 0 Å². The van der Waals surface area contributed by atoms with Crippen molar-refractivity contribution < 1.29 is 19.5 Å². The van der Waals surface area contributed by atoms with Crippen LogP contribution in [-0.4, -0.2) is 44.7 Å². The van der Waals surface area contributed by atoms with E-state index in [1.165, 1.54) is 0 Å². The van der Waals surface area contributed by atoms with Crippen LogP contribution in [0, 0.1) is 5.92 Å². The standard InChI is InChI=1S/C25H31N3O4S/c1-16(2)21(33)22(29)28-25(12-6-7-13-25)24(32)27-20(23(30)31)14-17-10-11-19(26-15-17)18-8-4-3-5-9-18/h3-5,8-11,15-16,20-21,33H,6-7,12-14H2,1-2H3,(H,27,32)(H,28,29)(H,30,31)/t20?,21-/m0/s1. The van der Waals surface area contributed by atoms with E-state index in [0.717, 1.165) is 24.1 Å². The van der Waals surface area contributed by atoms with E-state index in [2.05, 4.69) is 28.2 Å². The zero-order chi connectivity index (χ0) is 24.0. The van der Waals surface area contributed by atoms with E-state index in [9.17, 15) is 19.5 Å². The molecule has 7 nitrogen and oxygen atoms in total. The molecule has 0 aliphatic heterocycles. The number of nitrogens with zero attached hydrogens (tertiary/aromatic N) is 1. The van der Waals surface area contributed by atoms with E-state index in [0.29, 0.717) is 18.4 Å². The lowest BCUT2D eigenvalue weighted by atomic mass is 9.94. The number of amides is 2. The minimum Gasteiger partial charge on any atom is -0.480 e. The van der Waals surface area contributed by atoms with Gasteiger partial charge in [0, 0.05) is 18.2 Å². The summed E-state index contributed by atoms with van der Waals surface area (Å²) in [5.74, 6) is -1.89. The van der Waals surface area contributed by atoms with Crippen molar-refractivity contribution in [2.45, 2.75) is 62.8 Å². The Kier molecular flexibility index (Phi) is 8.13. The molecule has 1 aliphatic carbocycles. The molecule has 1 aliphatic rings. The number of benzene rings is 1. The summed E-state index contributed by atoms with van der Waals surface area (Å²) in [7, 11) is 0. The average molecular weight is 470 g/mol. The SMILES string of the molecule is CC(C)[C@H](S)C(=O)NC1(C(=O)NC(Cc2ccc(-c3ccccc3)nc2)C(=O)O)CCCC1. The second-order valence-corrected chi connectivity index (χ2v) is 9.51. The van der Waals surface area contributed by atoms with Crippen molar-refractivity contribution in [1.82, 2.24) is 15.6 Å². The van der Waals surface area contributed by atoms with Crippen molar-refractivity contribution in [2.75, 3.05) is 0 Å². The number of carboxylic acid groups (broad SMARTS) is 1. The maximum atomic E-state index is 13.2. The Balaban J connectivity index is 1.71. The van der Waals surface area contributed by atoms with Gasteiger partial charge in [0.15, 0.2) is 0 Å². The Labute approximate surface area is 199 Å². The fourth-order valence-electron chi connectivity index (χ4n) is 4.06. The third-order valence-corrected chi connectivity index (χ3v) is 6.92. The zero-order valence-electron chi connectivity index (χ0n) is 19.0. The van der Waals surface area contributed by atoms with Crippen molar-refractivity contribution in [3.05, 3.63) is 54.2 Å². The van der Waals surface area contributed by atoms with Crippen molar-refractivity contribution in [2.24, 2.45) is 5.92 Å². The van der Waals surface area contributed by atoms with Gasteiger partial charge in [-0.1, -0.05) is 63.1 Å². The van der Waals surface area contributed by atoms with Crippen molar-refractivity contribution in [3.8, 4) is 11.3 Å². The fraction of sp³-hybridized carbons (Fsp3) is 0.440. The summed E-state index contributed by atoms with van der Waals surface area (Å²) in [6.45, 7) is 3.77. The van der Waals surface area contributed by atoms with Crippen molar-refractivity contribution >= 4 is 30.4 Å². The van der Waals surface area contributed by atoms with Crippen molar-refractivity contribution in [1.29, 1.82) is 0 Å². The molecule has 1 unspecified atom stereocenters. The van der Waals surface area contributed by atoms with Gasteiger partial charge in [0.25, 0.3) is 0 Å². The van der Waals surface area contributed by atoms with Crippen LogP contribution in [0.3, 0.4) is 0 Å². The maximum absolute atomic E-state index is 13.2. The Morgan fingerprint density at radius 2 is 1.76 bits per heavy atom. The largest absolute Gasteiger partial charge is 0.480 e. The summed E-state index contributed by atoms with van der Waals surface area (Å²) in [6.07, 6.45) is 4.25. The second-order valence-electron chi connectivity index (χ2n) is 8.95. The molecule has 1 aromatic carbocycles. The van der Waals surface area contributed by atoms with E-state index in [1.54, 1.807) is 6.20 Å². The predicted molar refractivity (Wildman–Crippen MR) is 130 cm³/mol. The Morgan fingerprint density at radius 1 is 1.09 bits per heavy atom. The van der Waals surface area contributed by atoms with Crippen LogP contribution in [0.2, 0.25) is 0 Å². The van der Waals surface area contributed by atoms with Gasteiger partial charge in [0.2, 0.25) is 11.8 Å². The van der Waals surface area contributed by atoms with Gasteiger partial charge in [-0.2, -0.15) is 12.6 Å². The molecule has 3 N–H and O–H groups in total. The molecule has 1 heterocycles. The number of thiol groups is 1. The Bertz CT molecular complexity index is 973. The van der Waals surface area contributed by atoms with Gasteiger partial charge < -0.3 is 15.7 Å². The number of carbonyl (C=O) groups is 3. The molecule has 2 aromatic rings. The van der Waals surface area contributed by atoms with Gasteiger partial charge in [-0.15, -0.1) is 0 Å². The lowest BCUT2D eigenvalue weighted by Gasteiger charge is -2.32. The first-order valence-electron chi connectivity index (χ1n) is 11.3. The highest BCUT2D eigenvalue weighted by Gasteiger charge is 2.44. The Hall–Kier alpha value is -2.87. The molecular weight excluding hydrogens is 438 g/mol. The molecule has 8 heteroatoms. The van der Waals surface area contributed by atoms with Gasteiger partial charge >= 0.3 is 5.97 Å². The van der Waals surface area contributed by atoms with Crippen LogP contribution in [0.5, 0.6) is 0 Å². The highest BCUT2D eigenvalue weighted by Crippen LogP contribution is 2.31. The topological polar surface area (TPSA) is 108 Å². The van der Waals surface area contributed by atoms with E-state index < -0.39 is 28.7 Å².